The van der Waals surface area contributed by atoms with Crippen molar-refractivity contribution in [3.8, 4) is 0 Å². The van der Waals surface area contributed by atoms with Crippen LogP contribution < -0.4 is 10.6 Å². The first kappa shape index (κ1) is 14.5. The third kappa shape index (κ3) is 3.33. The number of hydrogen-bond acceptors (Lipinski definition) is 4. The lowest BCUT2D eigenvalue weighted by Gasteiger charge is -2.10. The van der Waals surface area contributed by atoms with Gasteiger partial charge in [-0.1, -0.05) is 22.9 Å². The van der Waals surface area contributed by atoms with Crippen molar-refractivity contribution in [2.24, 2.45) is 0 Å². The standard InChI is InChI=1S/C14H15BrN4O/c1-3-9-8-10(15)4-5-11(9)17-14(20)12-6-7-13(16-2)19-18-12/h4-8H,3H2,1-2H3,(H,16,19)(H,17,20). The number of aryl methyl sites for hydroxylation is 1. The van der Waals surface area contributed by atoms with Crippen LogP contribution >= 0.6 is 15.9 Å². The Bertz CT molecular complexity index is 613. The van der Waals surface area contributed by atoms with Gasteiger partial charge < -0.3 is 10.6 Å². The summed E-state index contributed by atoms with van der Waals surface area (Å²) in [6.07, 6.45) is 0.833. The van der Waals surface area contributed by atoms with Crippen LogP contribution in [0.2, 0.25) is 0 Å². The maximum atomic E-state index is 12.1. The molecule has 104 valence electrons. The van der Waals surface area contributed by atoms with E-state index in [4.69, 9.17) is 0 Å². The summed E-state index contributed by atoms with van der Waals surface area (Å²) in [6.45, 7) is 2.04. The predicted molar refractivity (Wildman–Crippen MR) is 83.1 cm³/mol. The molecule has 1 amide bonds. The highest BCUT2D eigenvalue weighted by Gasteiger charge is 2.10. The van der Waals surface area contributed by atoms with Crippen LogP contribution in [0.3, 0.4) is 0 Å². The van der Waals surface area contributed by atoms with Crippen molar-refractivity contribution in [3.63, 3.8) is 0 Å². The molecular weight excluding hydrogens is 320 g/mol. The first-order valence-electron chi connectivity index (χ1n) is 6.25. The summed E-state index contributed by atoms with van der Waals surface area (Å²) in [5, 5.41) is 13.5. The SMILES string of the molecule is CCc1cc(Br)ccc1NC(=O)c1ccc(NC)nn1. The number of anilines is 2. The van der Waals surface area contributed by atoms with Crippen molar-refractivity contribution >= 4 is 33.3 Å². The molecular formula is C14H15BrN4O. The Balaban J connectivity index is 2.18. The van der Waals surface area contributed by atoms with E-state index < -0.39 is 0 Å². The molecule has 6 heteroatoms. The van der Waals surface area contributed by atoms with Crippen LogP contribution in [0.25, 0.3) is 0 Å². The molecule has 2 N–H and O–H groups in total. The lowest BCUT2D eigenvalue weighted by molar-refractivity contribution is 0.102. The fraction of sp³-hybridized carbons (Fsp3) is 0.214. The predicted octanol–water partition coefficient (Wildman–Crippen LogP) is 3.10. The number of nitrogens with zero attached hydrogens (tertiary/aromatic N) is 2. The van der Waals surface area contributed by atoms with Gasteiger partial charge in [-0.05, 0) is 42.3 Å². The summed E-state index contributed by atoms with van der Waals surface area (Å²) in [7, 11) is 1.75. The van der Waals surface area contributed by atoms with E-state index >= 15 is 0 Å². The molecule has 20 heavy (non-hydrogen) atoms. The van der Waals surface area contributed by atoms with Crippen molar-refractivity contribution < 1.29 is 4.79 Å². The van der Waals surface area contributed by atoms with E-state index in [2.05, 4.69) is 36.8 Å². The highest BCUT2D eigenvalue weighted by Crippen LogP contribution is 2.22. The Morgan fingerprint density at radius 2 is 2.05 bits per heavy atom. The Hall–Kier alpha value is -1.95. The van der Waals surface area contributed by atoms with E-state index in [0.717, 1.165) is 22.1 Å². The number of nitrogens with one attached hydrogen (secondary N) is 2. The van der Waals surface area contributed by atoms with Gasteiger partial charge in [0.25, 0.3) is 5.91 Å². The van der Waals surface area contributed by atoms with Gasteiger partial charge in [-0.15, -0.1) is 10.2 Å². The molecule has 0 radical (unpaired) electrons. The van der Waals surface area contributed by atoms with Crippen molar-refractivity contribution in [1.82, 2.24) is 10.2 Å². The molecule has 0 aliphatic rings. The summed E-state index contributed by atoms with van der Waals surface area (Å²) < 4.78 is 0.991. The third-order valence-corrected chi connectivity index (χ3v) is 3.34. The molecule has 0 fully saturated rings. The molecule has 0 saturated heterocycles. The van der Waals surface area contributed by atoms with Gasteiger partial charge >= 0.3 is 0 Å². The Morgan fingerprint density at radius 1 is 1.25 bits per heavy atom. The molecule has 0 unspecified atom stereocenters. The second-order valence-corrected chi connectivity index (χ2v) is 5.08. The normalized spacial score (nSPS) is 10.2. The highest BCUT2D eigenvalue weighted by molar-refractivity contribution is 9.10. The van der Waals surface area contributed by atoms with Crippen LogP contribution in [0, 0.1) is 0 Å². The summed E-state index contributed by atoms with van der Waals surface area (Å²) >= 11 is 3.42. The smallest absolute Gasteiger partial charge is 0.276 e. The average Bonchev–Trinajstić information content (AvgIpc) is 2.49. The monoisotopic (exact) mass is 334 g/mol. The number of carbonyl (C=O) groups is 1. The first-order valence-corrected chi connectivity index (χ1v) is 7.04. The van der Waals surface area contributed by atoms with Crippen molar-refractivity contribution in [3.05, 3.63) is 46.1 Å². The van der Waals surface area contributed by atoms with Crippen LogP contribution in [0.4, 0.5) is 11.5 Å². The van der Waals surface area contributed by atoms with Gasteiger partial charge in [0, 0.05) is 17.2 Å². The molecule has 5 nitrogen and oxygen atoms in total. The Morgan fingerprint density at radius 3 is 2.65 bits per heavy atom. The molecule has 0 atom stereocenters. The lowest BCUT2D eigenvalue weighted by atomic mass is 10.1. The highest BCUT2D eigenvalue weighted by atomic mass is 79.9. The number of benzene rings is 1. The minimum atomic E-state index is -0.267. The molecule has 2 rings (SSSR count). The molecule has 1 aromatic carbocycles. The van der Waals surface area contributed by atoms with Gasteiger partial charge in [-0.25, -0.2) is 0 Å². The van der Waals surface area contributed by atoms with E-state index in [0.29, 0.717) is 5.82 Å². The summed E-state index contributed by atoms with van der Waals surface area (Å²) in [4.78, 5) is 12.1. The van der Waals surface area contributed by atoms with E-state index in [1.165, 1.54) is 0 Å². The quantitative estimate of drug-likeness (QED) is 0.901. The Kier molecular flexibility index (Phi) is 4.68. The van der Waals surface area contributed by atoms with Gasteiger partial charge in [-0.3, -0.25) is 4.79 Å². The van der Waals surface area contributed by atoms with Crippen molar-refractivity contribution in [2.75, 3.05) is 17.7 Å². The molecule has 0 saturated carbocycles. The largest absolute Gasteiger partial charge is 0.372 e. The van der Waals surface area contributed by atoms with Crippen LogP contribution in [-0.4, -0.2) is 23.2 Å². The van der Waals surface area contributed by atoms with Gasteiger partial charge in [0.15, 0.2) is 5.69 Å². The fourth-order valence-corrected chi connectivity index (χ4v) is 2.16. The first-order chi connectivity index (χ1) is 9.63. The van der Waals surface area contributed by atoms with Gasteiger partial charge in [0.05, 0.1) is 0 Å². The topological polar surface area (TPSA) is 66.9 Å². The second-order valence-electron chi connectivity index (χ2n) is 4.16. The number of amides is 1. The Labute approximate surface area is 125 Å². The zero-order valence-corrected chi connectivity index (χ0v) is 12.9. The molecule has 0 aliphatic heterocycles. The number of halogens is 1. The molecule has 1 aromatic heterocycles. The molecule has 2 aromatic rings. The van der Waals surface area contributed by atoms with Gasteiger partial charge in [-0.2, -0.15) is 0 Å². The van der Waals surface area contributed by atoms with Crippen LogP contribution in [-0.2, 0) is 6.42 Å². The maximum Gasteiger partial charge on any atom is 0.276 e. The van der Waals surface area contributed by atoms with E-state index in [9.17, 15) is 4.79 Å². The molecule has 0 spiro atoms. The molecule has 0 aliphatic carbocycles. The van der Waals surface area contributed by atoms with E-state index in [1.54, 1.807) is 19.2 Å². The summed E-state index contributed by atoms with van der Waals surface area (Å²) in [5.74, 6) is 0.358. The van der Waals surface area contributed by atoms with Crippen LogP contribution in [0.15, 0.2) is 34.8 Å². The minimum Gasteiger partial charge on any atom is -0.372 e. The van der Waals surface area contributed by atoms with Gasteiger partial charge in [0.2, 0.25) is 0 Å². The summed E-state index contributed by atoms with van der Waals surface area (Å²) in [6, 6.07) is 9.11. The van der Waals surface area contributed by atoms with E-state index in [-0.39, 0.29) is 11.6 Å². The molecule has 0 bridgehead atoms. The maximum absolute atomic E-state index is 12.1. The van der Waals surface area contributed by atoms with E-state index in [1.807, 2.05) is 25.1 Å². The average molecular weight is 335 g/mol. The number of aromatic nitrogens is 2. The zero-order chi connectivity index (χ0) is 14.5. The van der Waals surface area contributed by atoms with Gasteiger partial charge in [0.1, 0.15) is 5.82 Å². The fourth-order valence-electron chi connectivity index (χ4n) is 1.75. The third-order valence-electron chi connectivity index (χ3n) is 2.85. The zero-order valence-electron chi connectivity index (χ0n) is 11.3. The number of carbonyl (C=O) groups excluding carboxylic acids is 1. The minimum absolute atomic E-state index is 0.267. The van der Waals surface area contributed by atoms with Crippen LogP contribution in [0.5, 0.6) is 0 Å². The van der Waals surface area contributed by atoms with Crippen molar-refractivity contribution in [2.45, 2.75) is 13.3 Å². The number of rotatable bonds is 4. The van der Waals surface area contributed by atoms with Crippen LogP contribution in [0.1, 0.15) is 23.0 Å². The number of hydrogen-bond donors (Lipinski definition) is 2. The molecule has 1 heterocycles. The van der Waals surface area contributed by atoms with Crippen molar-refractivity contribution in [1.29, 1.82) is 0 Å². The second kappa shape index (κ2) is 6.47. The lowest BCUT2D eigenvalue weighted by Crippen LogP contribution is -2.15. The summed E-state index contributed by atoms with van der Waals surface area (Å²) in [5.41, 5.74) is 2.14.